The van der Waals surface area contributed by atoms with Gasteiger partial charge in [0.15, 0.2) is 0 Å². The van der Waals surface area contributed by atoms with E-state index in [4.69, 9.17) is 4.18 Å². The summed E-state index contributed by atoms with van der Waals surface area (Å²) >= 11 is 0. The summed E-state index contributed by atoms with van der Waals surface area (Å²) < 4.78 is 27.2. The molecule has 0 aromatic heterocycles. The largest absolute Gasteiger partial charge is 0.478 e. The van der Waals surface area contributed by atoms with Crippen molar-refractivity contribution in [1.82, 2.24) is 0 Å². The number of fused-ring (bicyclic) bond motifs is 1. The maximum Gasteiger partial charge on any atom is 0.337 e. The monoisotopic (exact) mass is 425 g/mol. The number of nitrogens with one attached hydrogen (secondary N) is 1. The second-order valence-electron chi connectivity index (χ2n) is 6.68. The van der Waals surface area contributed by atoms with Gasteiger partial charge in [0.1, 0.15) is 5.75 Å². The van der Waals surface area contributed by atoms with E-state index in [9.17, 15) is 23.1 Å². The SMILES string of the molecule is C/C(=C/C(=O)Nc1ccc(OS(C)(=O)=O)cc1C(=O)O)c1ccc2ccccc2c1. The summed E-state index contributed by atoms with van der Waals surface area (Å²) in [5.41, 5.74) is 1.29. The van der Waals surface area contributed by atoms with Crippen molar-refractivity contribution < 1.29 is 27.3 Å². The first-order valence-electron chi connectivity index (χ1n) is 8.87. The minimum absolute atomic E-state index is 0.0240. The molecule has 3 aromatic rings. The van der Waals surface area contributed by atoms with Gasteiger partial charge in [0.2, 0.25) is 5.91 Å². The summed E-state index contributed by atoms with van der Waals surface area (Å²) in [7, 11) is -3.81. The molecule has 2 N–H and O–H groups in total. The fourth-order valence-electron chi connectivity index (χ4n) is 2.92. The van der Waals surface area contributed by atoms with Gasteiger partial charge in [-0.25, -0.2) is 4.79 Å². The molecule has 3 rings (SSSR count). The number of hydrogen-bond donors (Lipinski definition) is 2. The van der Waals surface area contributed by atoms with Crippen LogP contribution in [0.2, 0.25) is 0 Å². The third-order valence-corrected chi connectivity index (χ3v) is 4.77. The summed E-state index contributed by atoms with van der Waals surface area (Å²) in [6.45, 7) is 1.78. The number of amides is 1. The van der Waals surface area contributed by atoms with E-state index in [2.05, 4.69) is 5.32 Å². The topological polar surface area (TPSA) is 110 Å². The second-order valence-corrected chi connectivity index (χ2v) is 8.25. The van der Waals surface area contributed by atoms with E-state index >= 15 is 0 Å². The van der Waals surface area contributed by atoms with Crippen molar-refractivity contribution in [2.24, 2.45) is 0 Å². The Morgan fingerprint density at radius 2 is 1.70 bits per heavy atom. The zero-order chi connectivity index (χ0) is 21.9. The van der Waals surface area contributed by atoms with Crippen molar-refractivity contribution in [3.8, 4) is 5.75 Å². The molecule has 0 fully saturated rings. The molecule has 0 bridgehead atoms. The second kappa shape index (κ2) is 8.38. The van der Waals surface area contributed by atoms with Crippen LogP contribution in [0.3, 0.4) is 0 Å². The lowest BCUT2D eigenvalue weighted by Crippen LogP contribution is -2.13. The molecule has 0 saturated carbocycles. The van der Waals surface area contributed by atoms with Crippen LogP contribution >= 0.6 is 0 Å². The van der Waals surface area contributed by atoms with Crippen LogP contribution in [0.25, 0.3) is 16.3 Å². The summed E-state index contributed by atoms with van der Waals surface area (Å²) in [6, 6.07) is 17.3. The standard InChI is InChI=1S/C22H19NO6S/c1-14(16-8-7-15-5-3-4-6-17(15)12-16)11-21(24)23-20-10-9-18(29-30(2,27)28)13-19(20)22(25)26/h3-13H,1-2H3,(H,23,24)(H,25,26)/b14-11-. The summed E-state index contributed by atoms with van der Waals surface area (Å²) in [6.07, 6.45) is 2.22. The third-order valence-electron chi connectivity index (χ3n) is 4.28. The highest BCUT2D eigenvalue weighted by molar-refractivity contribution is 7.86. The first-order valence-corrected chi connectivity index (χ1v) is 10.7. The molecule has 0 aliphatic heterocycles. The summed E-state index contributed by atoms with van der Waals surface area (Å²) in [5.74, 6) is -2.00. The van der Waals surface area contributed by atoms with Gasteiger partial charge in [-0.1, -0.05) is 36.4 Å². The normalized spacial score (nSPS) is 11.9. The van der Waals surface area contributed by atoms with Crippen molar-refractivity contribution in [1.29, 1.82) is 0 Å². The maximum atomic E-state index is 12.4. The van der Waals surface area contributed by atoms with Crippen LogP contribution in [0.5, 0.6) is 5.75 Å². The number of carboxylic acids is 1. The lowest BCUT2D eigenvalue weighted by molar-refractivity contribution is -0.111. The highest BCUT2D eigenvalue weighted by Gasteiger charge is 2.15. The Morgan fingerprint density at radius 1 is 1.00 bits per heavy atom. The molecule has 0 aliphatic carbocycles. The number of anilines is 1. The van der Waals surface area contributed by atoms with Crippen molar-refractivity contribution in [3.63, 3.8) is 0 Å². The molecule has 3 aromatic carbocycles. The van der Waals surface area contributed by atoms with Crippen LogP contribution < -0.4 is 9.50 Å². The predicted molar refractivity (Wildman–Crippen MR) is 115 cm³/mol. The zero-order valence-corrected chi connectivity index (χ0v) is 17.1. The Labute approximate surface area is 173 Å². The van der Waals surface area contributed by atoms with Crippen LogP contribution in [0.1, 0.15) is 22.8 Å². The fourth-order valence-corrected chi connectivity index (χ4v) is 3.37. The molecule has 1 amide bonds. The number of carboxylic acid groups (broad SMARTS) is 1. The smallest absolute Gasteiger partial charge is 0.337 e. The van der Waals surface area contributed by atoms with E-state index in [0.717, 1.165) is 28.7 Å². The molecule has 0 unspecified atom stereocenters. The molecule has 154 valence electrons. The van der Waals surface area contributed by atoms with Crippen molar-refractivity contribution in [3.05, 3.63) is 77.9 Å². The third kappa shape index (κ3) is 5.24. The van der Waals surface area contributed by atoms with Gasteiger partial charge in [-0.3, -0.25) is 4.79 Å². The molecule has 0 saturated heterocycles. The van der Waals surface area contributed by atoms with Gasteiger partial charge in [-0.2, -0.15) is 8.42 Å². The Bertz CT molecular complexity index is 1280. The summed E-state index contributed by atoms with van der Waals surface area (Å²) in [4.78, 5) is 24.0. The molecule has 0 heterocycles. The first kappa shape index (κ1) is 21.1. The molecular formula is C22H19NO6S. The molecule has 0 radical (unpaired) electrons. The number of hydrogen-bond acceptors (Lipinski definition) is 5. The minimum atomic E-state index is -3.81. The van der Waals surface area contributed by atoms with Gasteiger partial charge in [0, 0.05) is 6.08 Å². The van der Waals surface area contributed by atoms with E-state index in [0.29, 0.717) is 5.57 Å². The van der Waals surface area contributed by atoms with Crippen LogP contribution in [0.15, 0.2) is 66.7 Å². The lowest BCUT2D eigenvalue weighted by Gasteiger charge is -2.10. The van der Waals surface area contributed by atoms with Crippen LogP contribution in [0.4, 0.5) is 5.69 Å². The highest BCUT2D eigenvalue weighted by Crippen LogP contribution is 2.24. The van der Waals surface area contributed by atoms with E-state index in [1.807, 2.05) is 42.5 Å². The van der Waals surface area contributed by atoms with Crippen molar-refractivity contribution in [2.75, 3.05) is 11.6 Å². The van der Waals surface area contributed by atoms with Crippen molar-refractivity contribution in [2.45, 2.75) is 6.92 Å². The Hall–Kier alpha value is -3.65. The molecule has 0 spiro atoms. The number of benzene rings is 3. The maximum absolute atomic E-state index is 12.4. The summed E-state index contributed by atoms with van der Waals surface area (Å²) in [5, 5.41) is 14.0. The molecule has 0 aliphatic rings. The van der Waals surface area contributed by atoms with E-state index < -0.39 is 22.0 Å². The minimum Gasteiger partial charge on any atom is -0.478 e. The predicted octanol–water partition coefficient (Wildman–Crippen LogP) is 3.92. The molecule has 7 nitrogen and oxygen atoms in total. The first-order chi connectivity index (χ1) is 14.1. The van der Waals surface area contributed by atoms with E-state index in [1.165, 1.54) is 18.2 Å². The van der Waals surface area contributed by atoms with Gasteiger partial charge in [-0.05, 0) is 53.1 Å². The average molecular weight is 425 g/mol. The number of aromatic carboxylic acids is 1. The Balaban J connectivity index is 1.84. The zero-order valence-electron chi connectivity index (χ0n) is 16.2. The average Bonchev–Trinajstić information content (AvgIpc) is 2.67. The number of carbonyl (C=O) groups is 2. The molecule has 30 heavy (non-hydrogen) atoms. The van der Waals surface area contributed by atoms with Crippen LogP contribution in [-0.2, 0) is 14.9 Å². The van der Waals surface area contributed by atoms with Gasteiger partial charge in [-0.15, -0.1) is 0 Å². The fraction of sp³-hybridized carbons (Fsp3) is 0.0909. The Kier molecular flexibility index (Phi) is 5.89. The van der Waals surface area contributed by atoms with Crippen LogP contribution in [-0.4, -0.2) is 31.7 Å². The number of carbonyl (C=O) groups excluding carboxylic acids is 1. The lowest BCUT2D eigenvalue weighted by atomic mass is 10.0. The molecule has 8 heteroatoms. The quantitative estimate of drug-likeness (QED) is 0.458. The molecule has 0 atom stereocenters. The van der Waals surface area contributed by atoms with Gasteiger partial charge < -0.3 is 14.6 Å². The van der Waals surface area contributed by atoms with E-state index in [1.54, 1.807) is 6.92 Å². The van der Waals surface area contributed by atoms with Gasteiger partial charge in [0.05, 0.1) is 17.5 Å². The Morgan fingerprint density at radius 3 is 2.37 bits per heavy atom. The van der Waals surface area contributed by atoms with E-state index in [-0.39, 0.29) is 17.0 Å². The van der Waals surface area contributed by atoms with Gasteiger partial charge in [0.25, 0.3) is 0 Å². The number of allylic oxidation sites excluding steroid dienone is 1. The van der Waals surface area contributed by atoms with Gasteiger partial charge >= 0.3 is 16.1 Å². The van der Waals surface area contributed by atoms with Crippen molar-refractivity contribution >= 4 is 44.0 Å². The highest BCUT2D eigenvalue weighted by atomic mass is 32.2. The van der Waals surface area contributed by atoms with Crippen LogP contribution in [0, 0.1) is 0 Å². The number of rotatable bonds is 6. The molecular weight excluding hydrogens is 406 g/mol.